The van der Waals surface area contributed by atoms with E-state index in [2.05, 4.69) is 17.5 Å². The molecule has 1 aromatic carbocycles. The van der Waals surface area contributed by atoms with Crippen molar-refractivity contribution >= 4 is 12.1 Å². The molecule has 1 N–H and O–H groups in total. The largest absolute Gasteiger partial charge is 0.493 e. The number of carbonyl (C=O) groups excluding carboxylic acids is 1. The minimum atomic E-state index is -0.0203. The van der Waals surface area contributed by atoms with Gasteiger partial charge in [-0.2, -0.15) is 5.10 Å². The first-order valence-electron chi connectivity index (χ1n) is 9.81. The Morgan fingerprint density at radius 1 is 1.00 bits per heavy atom. The number of hydrogen-bond acceptors (Lipinski definition) is 3. The predicted octanol–water partition coefficient (Wildman–Crippen LogP) is 5.46. The van der Waals surface area contributed by atoms with Crippen LogP contribution in [0.3, 0.4) is 0 Å². The summed E-state index contributed by atoms with van der Waals surface area (Å²) in [5.74, 6) is 0.759. The maximum atomic E-state index is 11.8. The predicted molar refractivity (Wildman–Crippen MR) is 105 cm³/mol. The van der Waals surface area contributed by atoms with Crippen molar-refractivity contribution < 1.29 is 9.53 Å². The lowest BCUT2D eigenvalue weighted by atomic mass is 10.1. The Kier molecular flexibility index (Phi) is 12.3. The third kappa shape index (κ3) is 10.6. The van der Waals surface area contributed by atoms with Crippen molar-refractivity contribution in [3.63, 3.8) is 0 Å². The fraction of sp³-hybridized carbons (Fsp3) is 0.619. The summed E-state index contributed by atoms with van der Waals surface area (Å²) in [6.07, 6.45) is 13.5. The molecular weight excluding hydrogens is 312 g/mol. The van der Waals surface area contributed by atoms with Crippen LogP contribution in [0.1, 0.15) is 83.6 Å². The van der Waals surface area contributed by atoms with Crippen LogP contribution in [0.25, 0.3) is 0 Å². The molecule has 0 spiro atoms. The average Bonchev–Trinajstić information content (AvgIpc) is 2.62. The molecule has 1 rings (SSSR count). The van der Waals surface area contributed by atoms with Gasteiger partial charge >= 0.3 is 0 Å². The Bertz CT molecular complexity index is 500. The molecule has 0 aliphatic heterocycles. The second-order valence-corrected chi connectivity index (χ2v) is 6.34. The molecule has 4 nitrogen and oxygen atoms in total. The fourth-order valence-corrected chi connectivity index (χ4v) is 2.70. The monoisotopic (exact) mass is 346 g/mol. The zero-order chi connectivity index (χ0) is 18.2. The summed E-state index contributed by atoms with van der Waals surface area (Å²) in [7, 11) is 0. The number of hydrogen-bond donors (Lipinski definition) is 1. The smallest absolute Gasteiger partial charge is 0.240 e. The molecule has 140 valence electrons. The summed E-state index contributed by atoms with van der Waals surface area (Å²) >= 11 is 0. The van der Waals surface area contributed by atoms with E-state index in [0.717, 1.165) is 24.2 Å². The van der Waals surface area contributed by atoms with Crippen LogP contribution in [0.5, 0.6) is 5.75 Å². The van der Waals surface area contributed by atoms with E-state index < -0.39 is 0 Å². The second kappa shape index (κ2) is 14.5. The van der Waals surface area contributed by atoms with E-state index in [4.69, 9.17) is 4.74 Å². The molecule has 0 heterocycles. The maximum Gasteiger partial charge on any atom is 0.240 e. The van der Waals surface area contributed by atoms with E-state index in [-0.39, 0.29) is 5.91 Å². The van der Waals surface area contributed by atoms with Gasteiger partial charge in [0.1, 0.15) is 5.75 Å². The van der Waals surface area contributed by atoms with Crippen molar-refractivity contribution in [2.75, 3.05) is 6.61 Å². The van der Waals surface area contributed by atoms with Gasteiger partial charge in [-0.3, -0.25) is 4.79 Å². The molecule has 0 fully saturated rings. The van der Waals surface area contributed by atoms with E-state index in [9.17, 15) is 4.79 Å². The molecule has 1 amide bonds. The van der Waals surface area contributed by atoms with E-state index in [1.165, 1.54) is 44.9 Å². The molecule has 0 saturated carbocycles. The third-order valence-corrected chi connectivity index (χ3v) is 4.12. The van der Waals surface area contributed by atoms with Gasteiger partial charge < -0.3 is 4.74 Å². The average molecular weight is 347 g/mol. The Balaban J connectivity index is 2.11. The first kappa shape index (κ1) is 21.2. The summed E-state index contributed by atoms with van der Waals surface area (Å²) in [5, 5.41) is 4.04. The Morgan fingerprint density at radius 2 is 1.64 bits per heavy atom. The lowest BCUT2D eigenvalue weighted by Crippen LogP contribution is -2.17. The lowest BCUT2D eigenvalue weighted by Gasteiger charge is -2.06. The van der Waals surface area contributed by atoms with Gasteiger partial charge in [-0.1, -0.05) is 70.4 Å². The highest BCUT2D eigenvalue weighted by atomic mass is 16.5. The Labute approximate surface area is 153 Å². The molecule has 0 radical (unpaired) electrons. The highest BCUT2D eigenvalue weighted by Gasteiger charge is 2.01. The van der Waals surface area contributed by atoms with Gasteiger partial charge in [0.15, 0.2) is 0 Å². The van der Waals surface area contributed by atoms with E-state index in [0.29, 0.717) is 13.0 Å². The van der Waals surface area contributed by atoms with E-state index in [1.54, 1.807) is 6.21 Å². The molecule has 25 heavy (non-hydrogen) atoms. The second-order valence-electron chi connectivity index (χ2n) is 6.34. The van der Waals surface area contributed by atoms with Crippen LogP contribution in [0.2, 0.25) is 0 Å². The van der Waals surface area contributed by atoms with Crippen LogP contribution >= 0.6 is 0 Å². The summed E-state index contributed by atoms with van der Waals surface area (Å²) in [5.41, 5.74) is 3.47. The molecule has 0 aliphatic carbocycles. The number of unbranched alkanes of at least 4 members (excludes halogenated alkanes) is 8. The van der Waals surface area contributed by atoms with Gasteiger partial charge in [-0.15, -0.1) is 0 Å². The molecule has 0 saturated heterocycles. The highest BCUT2D eigenvalue weighted by Crippen LogP contribution is 2.15. The number of nitrogens with zero attached hydrogens (tertiary/aromatic N) is 1. The van der Waals surface area contributed by atoms with Crippen molar-refractivity contribution in [2.24, 2.45) is 5.10 Å². The summed E-state index contributed by atoms with van der Waals surface area (Å²) in [6.45, 7) is 4.80. The highest BCUT2D eigenvalue weighted by molar-refractivity contribution is 5.85. The van der Waals surface area contributed by atoms with Crippen molar-refractivity contribution in [1.82, 2.24) is 5.43 Å². The van der Waals surface area contributed by atoms with Crippen molar-refractivity contribution in [3.05, 3.63) is 29.8 Å². The number of nitrogens with one attached hydrogen (secondary N) is 1. The number of amides is 1. The maximum absolute atomic E-state index is 11.8. The molecule has 0 aliphatic rings. The minimum Gasteiger partial charge on any atom is -0.493 e. The van der Waals surface area contributed by atoms with Gasteiger partial charge in [-0.25, -0.2) is 5.43 Å². The van der Waals surface area contributed by atoms with Gasteiger partial charge in [0.25, 0.3) is 0 Å². The number of benzene rings is 1. The fourth-order valence-electron chi connectivity index (χ4n) is 2.70. The number of para-hydroxylation sites is 1. The summed E-state index contributed by atoms with van der Waals surface area (Å²) in [4.78, 5) is 11.8. The van der Waals surface area contributed by atoms with Crippen LogP contribution in [-0.2, 0) is 4.79 Å². The van der Waals surface area contributed by atoms with Gasteiger partial charge in [-0.05, 0) is 25.5 Å². The third-order valence-electron chi connectivity index (χ3n) is 4.12. The quantitative estimate of drug-likeness (QED) is 0.276. The summed E-state index contributed by atoms with van der Waals surface area (Å²) in [6, 6.07) is 7.66. The molecule has 0 atom stereocenters. The topological polar surface area (TPSA) is 50.7 Å². The number of rotatable bonds is 14. The minimum absolute atomic E-state index is 0.0203. The molecule has 1 aromatic rings. The molecule has 4 heteroatoms. The van der Waals surface area contributed by atoms with Gasteiger partial charge in [0.2, 0.25) is 5.91 Å². The number of hydrazone groups is 1. The number of carbonyl (C=O) groups is 1. The molecule has 0 bridgehead atoms. The van der Waals surface area contributed by atoms with Crippen molar-refractivity contribution in [1.29, 1.82) is 0 Å². The Hall–Kier alpha value is -1.84. The van der Waals surface area contributed by atoms with Crippen LogP contribution in [0.15, 0.2) is 29.4 Å². The first-order valence-corrected chi connectivity index (χ1v) is 9.81. The molecule has 0 aromatic heterocycles. The normalized spacial score (nSPS) is 11.0. The van der Waals surface area contributed by atoms with Crippen LogP contribution in [0, 0.1) is 0 Å². The Morgan fingerprint density at radius 3 is 2.32 bits per heavy atom. The SMILES string of the molecule is CCCCCCCCCCCC(=O)NN=Cc1ccccc1OCC. The molecular formula is C21H34N2O2. The standard InChI is InChI=1S/C21H34N2O2/c1-3-5-6-7-8-9-10-11-12-17-21(24)23-22-18-19-15-13-14-16-20(19)25-4-2/h13-16,18H,3-12,17H2,1-2H3,(H,23,24). The van der Waals surface area contributed by atoms with Gasteiger partial charge in [0.05, 0.1) is 12.8 Å². The first-order chi connectivity index (χ1) is 12.3. The van der Waals surface area contributed by atoms with Crippen LogP contribution in [-0.4, -0.2) is 18.7 Å². The van der Waals surface area contributed by atoms with Crippen LogP contribution < -0.4 is 10.2 Å². The van der Waals surface area contributed by atoms with E-state index in [1.807, 2.05) is 31.2 Å². The van der Waals surface area contributed by atoms with Gasteiger partial charge in [0, 0.05) is 12.0 Å². The number of ether oxygens (including phenoxy) is 1. The summed E-state index contributed by atoms with van der Waals surface area (Å²) < 4.78 is 5.52. The van der Waals surface area contributed by atoms with Crippen LogP contribution in [0.4, 0.5) is 0 Å². The lowest BCUT2D eigenvalue weighted by molar-refractivity contribution is -0.121. The molecule has 0 unspecified atom stereocenters. The van der Waals surface area contributed by atoms with Crippen molar-refractivity contribution in [2.45, 2.75) is 78.1 Å². The van der Waals surface area contributed by atoms with Crippen molar-refractivity contribution in [3.8, 4) is 5.75 Å². The van der Waals surface area contributed by atoms with E-state index >= 15 is 0 Å². The zero-order valence-electron chi connectivity index (χ0n) is 15.9. The zero-order valence-corrected chi connectivity index (χ0v) is 15.9.